The van der Waals surface area contributed by atoms with Gasteiger partial charge in [-0.1, -0.05) is 28.9 Å². The van der Waals surface area contributed by atoms with Crippen LogP contribution in [0.5, 0.6) is 0 Å². The maximum atomic E-state index is 12.7. The molecule has 1 atom stereocenters. The Morgan fingerprint density at radius 3 is 3.08 bits per heavy atom. The highest BCUT2D eigenvalue weighted by atomic mass is 32.1. The van der Waals surface area contributed by atoms with Gasteiger partial charge >= 0.3 is 0 Å². The van der Waals surface area contributed by atoms with Gasteiger partial charge in [0.1, 0.15) is 0 Å². The lowest BCUT2D eigenvalue weighted by Gasteiger charge is -2.16. The average Bonchev–Trinajstić information content (AvgIpc) is 3.36. The van der Waals surface area contributed by atoms with Crippen molar-refractivity contribution in [2.24, 2.45) is 0 Å². The fraction of sp³-hybridized carbons (Fsp3) is 0.316. The summed E-state index contributed by atoms with van der Waals surface area (Å²) < 4.78 is 5.46. The molecule has 1 fully saturated rings. The van der Waals surface area contributed by atoms with Gasteiger partial charge in [-0.15, -0.1) is 11.3 Å². The average molecular weight is 353 g/mol. The molecule has 2 aromatic heterocycles. The number of aromatic nitrogens is 2. The number of likely N-dealkylation sites (tertiary alicyclic amines) is 1. The topological polar surface area (TPSA) is 59.2 Å². The summed E-state index contributed by atoms with van der Waals surface area (Å²) in [5.74, 6) is 1.55. The molecule has 6 heteroatoms. The van der Waals surface area contributed by atoms with Gasteiger partial charge in [0.25, 0.3) is 5.91 Å². The maximum Gasteiger partial charge on any atom is 0.253 e. The third kappa shape index (κ3) is 3.49. The van der Waals surface area contributed by atoms with Gasteiger partial charge in [0.05, 0.1) is 5.92 Å². The van der Waals surface area contributed by atoms with E-state index in [1.165, 1.54) is 4.88 Å². The van der Waals surface area contributed by atoms with Gasteiger partial charge in [-0.25, -0.2) is 0 Å². The zero-order valence-corrected chi connectivity index (χ0v) is 14.8. The van der Waals surface area contributed by atoms with Gasteiger partial charge in [-0.05, 0) is 36.9 Å². The molecule has 0 radical (unpaired) electrons. The molecule has 0 unspecified atom stereocenters. The fourth-order valence-corrected chi connectivity index (χ4v) is 3.88. The number of carbonyl (C=O) groups is 1. The van der Waals surface area contributed by atoms with Crippen LogP contribution < -0.4 is 0 Å². The quantitative estimate of drug-likeness (QED) is 0.718. The summed E-state index contributed by atoms with van der Waals surface area (Å²) in [5, 5.41) is 6.14. The molecule has 0 bridgehead atoms. The van der Waals surface area contributed by atoms with E-state index >= 15 is 0 Å². The van der Waals surface area contributed by atoms with Crippen LogP contribution in [0, 0.1) is 6.92 Å². The molecule has 1 aromatic carbocycles. The summed E-state index contributed by atoms with van der Waals surface area (Å²) in [6, 6.07) is 11.8. The lowest BCUT2D eigenvalue weighted by molar-refractivity contribution is 0.0789. The Balaban J connectivity index is 1.42. The Labute approximate surface area is 150 Å². The number of rotatable bonds is 4. The van der Waals surface area contributed by atoms with Crippen molar-refractivity contribution < 1.29 is 9.32 Å². The van der Waals surface area contributed by atoms with Gasteiger partial charge in [-0.2, -0.15) is 4.98 Å². The Morgan fingerprint density at radius 1 is 1.36 bits per heavy atom. The van der Waals surface area contributed by atoms with Crippen LogP contribution in [0.4, 0.5) is 0 Å². The number of benzene rings is 1. The minimum Gasteiger partial charge on any atom is -0.339 e. The van der Waals surface area contributed by atoms with Gasteiger partial charge < -0.3 is 9.42 Å². The van der Waals surface area contributed by atoms with E-state index in [2.05, 4.69) is 16.2 Å². The van der Waals surface area contributed by atoms with Crippen LogP contribution in [-0.2, 0) is 6.42 Å². The molecule has 1 aliphatic rings. The number of hydrogen-bond acceptors (Lipinski definition) is 5. The molecule has 0 N–H and O–H groups in total. The highest BCUT2D eigenvalue weighted by Crippen LogP contribution is 2.27. The Kier molecular flexibility index (Phi) is 4.36. The normalized spacial score (nSPS) is 17.2. The Morgan fingerprint density at radius 2 is 2.28 bits per heavy atom. The van der Waals surface area contributed by atoms with Crippen molar-refractivity contribution in [1.82, 2.24) is 15.0 Å². The molecule has 4 rings (SSSR count). The standard InChI is InChI=1S/C19H19N3O2S/c1-13-4-2-5-14(10-13)19(23)22-8-7-15(12-22)18-20-17(21-24-18)11-16-6-3-9-25-16/h2-6,9-10,15H,7-8,11-12H2,1H3/t15-/m0/s1. The number of thiophene rings is 1. The van der Waals surface area contributed by atoms with E-state index in [-0.39, 0.29) is 11.8 Å². The summed E-state index contributed by atoms with van der Waals surface area (Å²) in [7, 11) is 0. The van der Waals surface area contributed by atoms with E-state index in [4.69, 9.17) is 4.52 Å². The SMILES string of the molecule is Cc1cccc(C(=O)N2CC[C@H](c3nc(Cc4cccs4)no3)C2)c1. The maximum absolute atomic E-state index is 12.7. The van der Waals surface area contributed by atoms with Crippen molar-refractivity contribution >= 4 is 17.2 Å². The summed E-state index contributed by atoms with van der Waals surface area (Å²) in [4.78, 5) is 20.3. The second kappa shape index (κ2) is 6.80. The van der Waals surface area contributed by atoms with Gasteiger partial charge in [-0.3, -0.25) is 4.79 Å². The van der Waals surface area contributed by atoms with Crippen LogP contribution in [0.15, 0.2) is 46.3 Å². The minimum atomic E-state index is 0.0736. The van der Waals surface area contributed by atoms with Crippen LogP contribution >= 0.6 is 11.3 Å². The van der Waals surface area contributed by atoms with Gasteiger partial charge in [0.15, 0.2) is 5.82 Å². The van der Waals surface area contributed by atoms with E-state index in [1.807, 2.05) is 47.5 Å². The monoisotopic (exact) mass is 353 g/mol. The molecule has 128 valence electrons. The van der Waals surface area contributed by atoms with Crippen LogP contribution in [0.25, 0.3) is 0 Å². The molecule has 1 amide bonds. The predicted molar refractivity (Wildman–Crippen MR) is 95.9 cm³/mol. The van der Waals surface area contributed by atoms with Crippen LogP contribution in [0.2, 0.25) is 0 Å². The summed E-state index contributed by atoms with van der Waals surface area (Å²) in [5.41, 5.74) is 1.83. The third-order valence-electron chi connectivity index (χ3n) is 4.49. The molecule has 0 saturated carbocycles. The zero-order chi connectivity index (χ0) is 17.2. The first-order chi connectivity index (χ1) is 12.2. The molecule has 25 heavy (non-hydrogen) atoms. The second-order valence-electron chi connectivity index (χ2n) is 6.41. The number of hydrogen-bond donors (Lipinski definition) is 0. The van der Waals surface area contributed by atoms with Crippen molar-refractivity contribution in [2.45, 2.75) is 25.7 Å². The summed E-state index contributed by atoms with van der Waals surface area (Å²) in [6.07, 6.45) is 1.55. The van der Waals surface area contributed by atoms with Crippen LogP contribution in [-0.4, -0.2) is 34.0 Å². The zero-order valence-electron chi connectivity index (χ0n) is 14.0. The molecule has 1 aliphatic heterocycles. The molecule has 5 nitrogen and oxygen atoms in total. The minimum absolute atomic E-state index is 0.0736. The van der Waals surface area contributed by atoms with Gasteiger partial charge in [0, 0.05) is 30.0 Å². The van der Waals surface area contributed by atoms with Crippen molar-refractivity contribution in [1.29, 1.82) is 0 Å². The van der Waals surface area contributed by atoms with E-state index < -0.39 is 0 Å². The number of aryl methyl sites for hydroxylation is 1. The molecular weight excluding hydrogens is 334 g/mol. The van der Waals surface area contributed by atoms with Gasteiger partial charge in [0.2, 0.25) is 5.89 Å². The predicted octanol–water partition coefficient (Wildman–Crippen LogP) is 3.66. The largest absolute Gasteiger partial charge is 0.339 e. The van der Waals surface area contributed by atoms with E-state index in [0.717, 1.165) is 24.1 Å². The lowest BCUT2D eigenvalue weighted by Crippen LogP contribution is -2.28. The van der Waals surface area contributed by atoms with E-state index in [1.54, 1.807) is 11.3 Å². The molecule has 0 aliphatic carbocycles. The van der Waals surface area contributed by atoms with Crippen LogP contribution in [0.3, 0.4) is 0 Å². The Bertz CT molecular complexity index is 872. The third-order valence-corrected chi connectivity index (χ3v) is 5.36. The number of amides is 1. The smallest absolute Gasteiger partial charge is 0.253 e. The van der Waals surface area contributed by atoms with E-state index in [9.17, 15) is 4.79 Å². The summed E-state index contributed by atoms with van der Waals surface area (Å²) in [6.45, 7) is 3.35. The fourth-order valence-electron chi connectivity index (χ4n) is 3.18. The first-order valence-corrected chi connectivity index (χ1v) is 9.28. The summed E-state index contributed by atoms with van der Waals surface area (Å²) >= 11 is 1.69. The first kappa shape index (κ1) is 16.0. The van der Waals surface area contributed by atoms with Crippen LogP contribution in [0.1, 0.15) is 44.9 Å². The highest BCUT2D eigenvalue weighted by molar-refractivity contribution is 7.09. The molecule has 1 saturated heterocycles. The number of carbonyl (C=O) groups excluding carboxylic acids is 1. The lowest BCUT2D eigenvalue weighted by atomic mass is 10.1. The molecular formula is C19H19N3O2S. The highest BCUT2D eigenvalue weighted by Gasteiger charge is 2.31. The second-order valence-corrected chi connectivity index (χ2v) is 7.44. The molecule has 3 aromatic rings. The Hall–Kier alpha value is -2.47. The van der Waals surface area contributed by atoms with Crippen molar-refractivity contribution in [2.75, 3.05) is 13.1 Å². The molecule has 3 heterocycles. The van der Waals surface area contributed by atoms with Crippen molar-refractivity contribution in [3.05, 3.63) is 69.5 Å². The van der Waals surface area contributed by atoms with Crippen molar-refractivity contribution in [3.63, 3.8) is 0 Å². The first-order valence-electron chi connectivity index (χ1n) is 8.40. The van der Waals surface area contributed by atoms with Crippen molar-refractivity contribution in [3.8, 4) is 0 Å². The molecule has 0 spiro atoms. The number of nitrogens with zero attached hydrogens (tertiary/aromatic N) is 3. The van der Waals surface area contributed by atoms with E-state index in [0.29, 0.717) is 24.7 Å².